The number of hydrogen-bond donors (Lipinski definition) is 1. The van der Waals surface area contributed by atoms with Crippen LogP contribution in [0.3, 0.4) is 0 Å². The van der Waals surface area contributed by atoms with E-state index < -0.39 is 10.0 Å². The SMILES string of the molecule is O=S(=O)(c1ccc(C2=NNC(=Nc3ccccc3F)SC2)cc1)N1CCCCC1. The molecule has 0 aliphatic carbocycles. The molecule has 2 aliphatic rings. The second kappa shape index (κ2) is 8.64. The summed E-state index contributed by atoms with van der Waals surface area (Å²) in [5.74, 6) is 0.168. The normalized spacial score (nSPS) is 19.6. The van der Waals surface area contributed by atoms with Gasteiger partial charge in [0, 0.05) is 18.8 Å². The number of rotatable bonds is 4. The number of benzene rings is 2. The molecule has 0 amide bonds. The number of nitrogens with one attached hydrogen (secondary N) is 1. The Morgan fingerprint density at radius 1 is 1.03 bits per heavy atom. The minimum absolute atomic E-state index is 0.258. The first kappa shape index (κ1) is 20.1. The zero-order valence-electron chi connectivity index (χ0n) is 15.7. The van der Waals surface area contributed by atoms with Crippen LogP contribution in [-0.2, 0) is 10.0 Å². The monoisotopic (exact) mass is 432 g/mol. The largest absolute Gasteiger partial charge is 0.255 e. The molecule has 4 rings (SSSR count). The lowest BCUT2D eigenvalue weighted by Crippen LogP contribution is -2.35. The molecule has 0 unspecified atom stereocenters. The zero-order chi connectivity index (χ0) is 20.3. The Balaban J connectivity index is 1.47. The van der Waals surface area contributed by atoms with Crippen LogP contribution in [0.15, 0.2) is 63.5 Å². The highest BCUT2D eigenvalue weighted by atomic mass is 32.2. The molecule has 0 spiro atoms. The number of nitrogens with zero attached hydrogens (tertiary/aromatic N) is 3. The Morgan fingerprint density at radius 2 is 1.76 bits per heavy atom. The van der Waals surface area contributed by atoms with Crippen LogP contribution in [0.25, 0.3) is 0 Å². The van der Waals surface area contributed by atoms with Crippen LogP contribution in [0.2, 0.25) is 0 Å². The molecular formula is C20H21FN4O2S2. The van der Waals surface area contributed by atoms with Crippen LogP contribution >= 0.6 is 11.8 Å². The molecule has 29 heavy (non-hydrogen) atoms. The average molecular weight is 433 g/mol. The van der Waals surface area contributed by atoms with Crippen molar-refractivity contribution >= 4 is 38.4 Å². The molecule has 6 nitrogen and oxygen atoms in total. The van der Waals surface area contributed by atoms with E-state index in [1.165, 1.54) is 17.8 Å². The van der Waals surface area contributed by atoms with Crippen LogP contribution in [0.1, 0.15) is 24.8 Å². The third-order valence-corrected chi connectivity index (χ3v) is 7.63. The molecule has 2 aromatic carbocycles. The number of halogens is 1. The minimum Gasteiger partial charge on any atom is -0.255 e. The van der Waals surface area contributed by atoms with Crippen molar-refractivity contribution in [2.75, 3.05) is 18.8 Å². The summed E-state index contributed by atoms with van der Waals surface area (Å²) in [6.45, 7) is 1.17. The van der Waals surface area contributed by atoms with Gasteiger partial charge in [0.25, 0.3) is 0 Å². The number of para-hydroxylation sites is 1. The van der Waals surface area contributed by atoms with E-state index in [9.17, 15) is 12.8 Å². The van der Waals surface area contributed by atoms with E-state index in [1.54, 1.807) is 46.8 Å². The third-order valence-electron chi connectivity index (χ3n) is 4.85. The molecule has 2 aromatic rings. The number of aliphatic imine (C=N–C) groups is 1. The molecule has 0 atom stereocenters. The summed E-state index contributed by atoms with van der Waals surface area (Å²) in [6, 6.07) is 13.1. The molecular weight excluding hydrogens is 411 g/mol. The second-order valence-electron chi connectivity index (χ2n) is 6.82. The van der Waals surface area contributed by atoms with Crippen molar-refractivity contribution < 1.29 is 12.8 Å². The van der Waals surface area contributed by atoms with Gasteiger partial charge < -0.3 is 0 Å². The van der Waals surface area contributed by atoms with E-state index >= 15 is 0 Å². The van der Waals surface area contributed by atoms with Gasteiger partial charge in [-0.05, 0) is 42.7 Å². The fraction of sp³-hybridized carbons (Fsp3) is 0.300. The lowest BCUT2D eigenvalue weighted by molar-refractivity contribution is 0.346. The van der Waals surface area contributed by atoms with E-state index in [-0.39, 0.29) is 11.5 Å². The Hall–Kier alpha value is -2.23. The third kappa shape index (κ3) is 4.52. The molecule has 0 aromatic heterocycles. The van der Waals surface area contributed by atoms with E-state index in [1.807, 2.05) is 0 Å². The fourth-order valence-corrected chi connectivity index (χ4v) is 5.54. The molecule has 9 heteroatoms. The number of hydrogen-bond acceptors (Lipinski definition) is 5. The Kier molecular flexibility index (Phi) is 5.98. The van der Waals surface area contributed by atoms with Crippen LogP contribution < -0.4 is 5.43 Å². The summed E-state index contributed by atoms with van der Waals surface area (Å²) in [5, 5.41) is 4.84. The summed E-state index contributed by atoms with van der Waals surface area (Å²) in [7, 11) is -3.44. The average Bonchev–Trinajstić information content (AvgIpc) is 2.77. The van der Waals surface area contributed by atoms with Gasteiger partial charge in [-0.1, -0.05) is 42.4 Å². The molecule has 1 saturated heterocycles. The van der Waals surface area contributed by atoms with Gasteiger partial charge in [0.05, 0.1) is 10.6 Å². The van der Waals surface area contributed by atoms with E-state index in [4.69, 9.17) is 0 Å². The maximum atomic E-state index is 13.7. The molecule has 2 heterocycles. The van der Waals surface area contributed by atoms with E-state index in [0.29, 0.717) is 28.9 Å². The van der Waals surface area contributed by atoms with Crippen LogP contribution in [-0.4, -0.2) is 42.4 Å². The Morgan fingerprint density at radius 3 is 2.41 bits per heavy atom. The predicted octanol–water partition coefficient (Wildman–Crippen LogP) is 3.73. The van der Waals surface area contributed by atoms with Crippen LogP contribution in [0.5, 0.6) is 0 Å². The maximum absolute atomic E-state index is 13.7. The van der Waals surface area contributed by atoms with Gasteiger partial charge in [0.15, 0.2) is 5.17 Å². The molecule has 1 fully saturated rings. The Bertz CT molecular complexity index is 1050. The fourth-order valence-electron chi connectivity index (χ4n) is 3.25. The summed E-state index contributed by atoms with van der Waals surface area (Å²) in [6.07, 6.45) is 2.90. The van der Waals surface area contributed by atoms with Crippen molar-refractivity contribution in [3.63, 3.8) is 0 Å². The van der Waals surface area contributed by atoms with Gasteiger partial charge in [0.2, 0.25) is 10.0 Å². The minimum atomic E-state index is -3.44. The zero-order valence-corrected chi connectivity index (χ0v) is 17.3. The van der Waals surface area contributed by atoms with Gasteiger partial charge in [-0.2, -0.15) is 9.41 Å². The van der Waals surface area contributed by atoms with Crippen LogP contribution in [0, 0.1) is 5.82 Å². The standard InChI is InChI=1S/C20H21FN4O2S2/c21-17-6-2-3-7-18(17)22-20-24-23-19(14-28-20)15-8-10-16(11-9-15)29(26,27)25-12-4-1-5-13-25/h2-3,6-11H,1,4-5,12-14H2,(H,22,24). The van der Waals surface area contributed by atoms with Gasteiger partial charge in [-0.15, -0.1) is 0 Å². The summed E-state index contributed by atoms with van der Waals surface area (Å²) < 4.78 is 40.8. The predicted molar refractivity (Wildman–Crippen MR) is 115 cm³/mol. The quantitative estimate of drug-likeness (QED) is 0.799. The van der Waals surface area contributed by atoms with Gasteiger partial charge in [-0.25, -0.2) is 17.8 Å². The highest BCUT2D eigenvalue weighted by Crippen LogP contribution is 2.23. The van der Waals surface area contributed by atoms with Crippen molar-refractivity contribution in [3.05, 3.63) is 59.9 Å². The number of hydrazone groups is 1. The van der Waals surface area contributed by atoms with Gasteiger partial charge in [-0.3, -0.25) is 5.43 Å². The summed E-state index contributed by atoms with van der Waals surface area (Å²) in [4.78, 5) is 4.55. The van der Waals surface area contributed by atoms with Crippen molar-refractivity contribution in [3.8, 4) is 0 Å². The molecule has 1 N–H and O–H groups in total. The van der Waals surface area contributed by atoms with Crippen molar-refractivity contribution in [2.24, 2.45) is 10.1 Å². The van der Waals surface area contributed by atoms with Gasteiger partial charge in [0.1, 0.15) is 11.5 Å². The maximum Gasteiger partial charge on any atom is 0.243 e. The molecule has 152 valence electrons. The van der Waals surface area contributed by atoms with Crippen LogP contribution in [0.4, 0.5) is 10.1 Å². The first-order chi connectivity index (χ1) is 14.0. The number of piperidine rings is 1. The topological polar surface area (TPSA) is 74.1 Å². The second-order valence-corrected chi connectivity index (χ2v) is 9.72. The molecule has 2 aliphatic heterocycles. The van der Waals surface area contributed by atoms with Crippen molar-refractivity contribution in [1.29, 1.82) is 0 Å². The molecule has 0 radical (unpaired) electrons. The smallest absolute Gasteiger partial charge is 0.243 e. The molecule has 0 saturated carbocycles. The Labute approximate surface area is 174 Å². The number of sulfonamides is 1. The van der Waals surface area contributed by atoms with E-state index in [2.05, 4.69) is 15.5 Å². The molecule has 0 bridgehead atoms. The van der Waals surface area contributed by atoms with E-state index in [0.717, 1.165) is 30.5 Å². The lowest BCUT2D eigenvalue weighted by Gasteiger charge is -2.26. The number of amidine groups is 1. The summed E-state index contributed by atoms with van der Waals surface area (Å²) in [5.41, 5.74) is 4.73. The highest BCUT2D eigenvalue weighted by Gasteiger charge is 2.26. The highest BCUT2D eigenvalue weighted by molar-refractivity contribution is 8.14. The lowest BCUT2D eigenvalue weighted by atomic mass is 10.1. The van der Waals surface area contributed by atoms with Gasteiger partial charge >= 0.3 is 0 Å². The van der Waals surface area contributed by atoms with Crippen molar-refractivity contribution in [1.82, 2.24) is 9.73 Å². The summed E-state index contributed by atoms with van der Waals surface area (Å²) >= 11 is 1.42. The first-order valence-corrected chi connectivity index (χ1v) is 11.9. The number of thioether (sulfide) groups is 1. The first-order valence-electron chi connectivity index (χ1n) is 9.43. The van der Waals surface area contributed by atoms with Crippen molar-refractivity contribution in [2.45, 2.75) is 24.2 Å².